The molecule has 0 amide bonds. The topological polar surface area (TPSA) is 57.5 Å². The molecular formula is C28H29F3O3. The second kappa shape index (κ2) is 9.32. The van der Waals surface area contributed by atoms with Gasteiger partial charge in [-0.15, -0.1) is 0 Å². The number of phenols is 1. The third-order valence-electron chi connectivity index (χ3n) is 7.20. The summed E-state index contributed by atoms with van der Waals surface area (Å²) in [6.07, 6.45) is 1.35. The van der Waals surface area contributed by atoms with E-state index in [1.54, 1.807) is 30.3 Å². The predicted octanol–water partition coefficient (Wildman–Crippen LogP) is 7.40. The minimum atomic E-state index is -4.64. The van der Waals surface area contributed by atoms with Crippen LogP contribution in [0.5, 0.6) is 5.75 Å². The zero-order valence-electron chi connectivity index (χ0n) is 19.3. The number of carbonyl (C=O) groups is 1. The average Bonchev–Trinajstić information content (AvgIpc) is 2.75. The predicted molar refractivity (Wildman–Crippen MR) is 126 cm³/mol. The average molecular weight is 471 g/mol. The molecule has 2 aliphatic rings. The van der Waals surface area contributed by atoms with E-state index in [-0.39, 0.29) is 17.2 Å². The Kier molecular flexibility index (Phi) is 6.61. The maximum Gasteiger partial charge on any atom is 0.417 e. The minimum Gasteiger partial charge on any atom is -0.508 e. The van der Waals surface area contributed by atoms with Crippen LogP contribution in [0.1, 0.15) is 61.8 Å². The Bertz CT molecular complexity index is 1120. The number of rotatable bonds is 4. The summed E-state index contributed by atoms with van der Waals surface area (Å²) in [6.45, 7) is 4.41. The molecule has 4 atom stereocenters. The van der Waals surface area contributed by atoms with Crippen LogP contribution in [0, 0.1) is 23.7 Å². The molecule has 0 aromatic heterocycles. The molecule has 0 saturated heterocycles. The van der Waals surface area contributed by atoms with E-state index < -0.39 is 17.7 Å². The van der Waals surface area contributed by atoms with E-state index in [9.17, 15) is 23.1 Å². The molecule has 0 radical (unpaired) electrons. The van der Waals surface area contributed by atoms with Crippen LogP contribution >= 0.6 is 0 Å². The van der Waals surface area contributed by atoms with Crippen LogP contribution in [0.15, 0.2) is 54.1 Å². The van der Waals surface area contributed by atoms with Crippen molar-refractivity contribution in [3.8, 4) is 5.75 Å². The van der Waals surface area contributed by atoms with Gasteiger partial charge >= 0.3 is 12.1 Å². The zero-order valence-corrected chi connectivity index (χ0v) is 19.3. The normalized spacial score (nSPS) is 26.5. The van der Waals surface area contributed by atoms with Gasteiger partial charge in [-0.05, 0) is 95.9 Å². The molecule has 2 aromatic carbocycles. The largest absolute Gasteiger partial charge is 0.508 e. The quantitative estimate of drug-likeness (QED) is 0.458. The van der Waals surface area contributed by atoms with Gasteiger partial charge in [0.25, 0.3) is 0 Å². The number of halogens is 3. The summed E-state index contributed by atoms with van der Waals surface area (Å²) in [5.74, 6) is 0.551. The SMILES string of the molecule is CC1CC2CC(C)/C(=C(\c3ccc(O)cc3)c3ccc(/C=C/C(=O)O)c(C(F)(F)F)c3)C(C1)C2. The van der Waals surface area contributed by atoms with Crippen molar-refractivity contribution in [3.05, 3.63) is 76.4 Å². The van der Waals surface area contributed by atoms with Crippen molar-refractivity contribution in [2.45, 2.75) is 45.7 Å². The van der Waals surface area contributed by atoms with Gasteiger partial charge in [-0.2, -0.15) is 13.2 Å². The molecule has 2 saturated carbocycles. The lowest BCUT2D eigenvalue weighted by Gasteiger charge is -2.44. The maximum atomic E-state index is 14.0. The van der Waals surface area contributed by atoms with Crippen LogP contribution < -0.4 is 0 Å². The molecule has 34 heavy (non-hydrogen) atoms. The smallest absolute Gasteiger partial charge is 0.417 e. The first-order chi connectivity index (χ1) is 16.0. The van der Waals surface area contributed by atoms with Crippen LogP contribution in [0.2, 0.25) is 0 Å². The molecule has 6 heteroatoms. The first-order valence-corrected chi connectivity index (χ1v) is 11.7. The van der Waals surface area contributed by atoms with Gasteiger partial charge in [0.15, 0.2) is 0 Å². The molecule has 2 fully saturated rings. The van der Waals surface area contributed by atoms with Gasteiger partial charge in [0.2, 0.25) is 0 Å². The summed E-state index contributed by atoms with van der Waals surface area (Å²) in [5.41, 5.74) is 2.18. The number of hydrogen-bond donors (Lipinski definition) is 2. The first-order valence-electron chi connectivity index (χ1n) is 11.7. The van der Waals surface area contributed by atoms with Crippen molar-refractivity contribution >= 4 is 17.6 Å². The monoisotopic (exact) mass is 470 g/mol. The van der Waals surface area contributed by atoms with Crippen LogP contribution in [-0.4, -0.2) is 16.2 Å². The molecule has 2 aliphatic carbocycles. The Labute approximate surface area is 197 Å². The summed E-state index contributed by atoms with van der Waals surface area (Å²) in [7, 11) is 0. The van der Waals surface area contributed by atoms with Gasteiger partial charge in [0.05, 0.1) is 5.56 Å². The molecule has 3 nitrogen and oxygen atoms in total. The van der Waals surface area contributed by atoms with Crippen LogP contribution in [0.3, 0.4) is 0 Å². The molecule has 2 aromatic rings. The fraction of sp³-hybridized carbons (Fsp3) is 0.393. The van der Waals surface area contributed by atoms with E-state index in [1.165, 1.54) is 18.1 Å². The highest BCUT2D eigenvalue weighted by Gasteiger charge is 2.39. The zero-order chi connectivity index (χ0) is 24.6. The number of phenolic OH excluding ortho intramolecular Hbond substituents is 1. The minimum absolute atomic E-state index is 0.0984. The summed E-state index contributed by atoms with van der Waals surface area (Å²) >= 11 is 0. The van der Waals surface area contributed by atoms with Gasteiger partial charge < -0.3 is 10.2 Å². The maximum absolute atomic E-state index is 14.0. The van der Waals surface area contributed by atoms with Gasteiger partial charge in [-0.1, -0.05) is 43.7 Å². The van der Waals surface area contributed by atoms with E-state index in [2.05, 4.69) is 13.8 Å². The van der Waals surface area contributed by atoms with Gasteiger partial charge in [-0.25, -0.2) is 4.79 Å². The highest BCUT2D eigenvalue weighted by Crippen LogP contribution is 2.51. The Balaban J connectivity index is 1.94. The van der Waals surface area contributed by atoms with Crippen molar-refractivity contribution in [3.63, 3.8) is 0 Å². The van der Waals surface area contributed by atoms with Gasteiger partial charge in [0.1, 0.15) is 5.75 Å². The number of carboxylic acid groups (broad SMARTS) is 1. The Morgan fingerprint density at radius 2 is 1.65 bits per heavy atom. The fourth-order valence-corrected chi connectivity index (χ4v) is 6.06. The number of hydrogen-bond acceptors (Lipinski definition) is 2. The van der Waals surface area contributed by atoms with Crippen molar-refractivity contribution in [2.75, 3.05) is 0 Å². The van der Waals surface area contributed by atoms with E-state index in [0.717, 1.165) is 48.6 Å². The molecule has 0 heterocycles. The van der Waals surface area contributed by atoms with Gasteiger partial charge in [0, 0.05) is 6.08 Å². The van der Waals surface area contributed by atoms with E-state index in [0.29, 0.717) is 23.3 Å². The molecule has 2 bridgehead atoms. The highest BCUT2D eigenvalue weighted by molar-refractivity contribution is 5.87. The number of aliphatic carboxylic acids is 1. The third kappa shape index (κ3) is 5.06. The van der Waals surface area contributed by atoms with E-state index in [4.69, 9.17) is 5.11 Å². The number of alkyl halides is 3. The van der Waals surface area contributed by atoms with Gasteiger partial charge in [-0.3, -0.25) is 0 Å². The molecule has 4 rings (SSSR count). The lowest BCUT2D eigenvalue weighted by Crippen LogP contribution is -2.32. The second-order valence-electron chi connectivity index (χ2n) is 9.86. The highest BCUT2D eigenvalue weighted by atomic mass is 19.4. The standard InChI is InChI=1S/C28H29F3O3/c1-16-11-18-13-17(2)26(22(12-16)14-18)27(20-5-8-23(32)9-6-20)21-4-3-19(7-10-25(33)34)24(15-21)28(29,30)31/h3-10,15-18,22,32H,11-14H2,1-2H3,(H,33,34)/b10-7+,27-26-. The summed E-state index contributed by atoms with van der Waals surface area (Å²) in [6, 6.07) is 10.8. The molecule has 180 valence electrons. The van der Waals surface area contributed by atoms with Crippen LogP contribution in [-0.2, 0) is 11.0 Å². The summed E-state index contributed by atoms with van der Waals surface area (Å²) in [4.78, 5) is 10.9. The molecule has 4 unspecified atom stereocenters. The van der Waals surface area contributed by atoms with Crippen molar-refractivity contribution < 1.29 is 28.2 Å². The first kappa shape index (κ1) is 24.1. The number of benzene rings is 2. The molecular weight excluding hydrogens is 441 g/mol. The lowest BCUT2D eigenvalue weighted by molar-refractivity contribution is -0.138. The van der Waals surface area contributed by atoms with E-state index in [1.807, 2.05) is 0 Å². The number of fused-ring (bicyclic) bond motifs is 2. The number of allylic oxidation sites excluding steroid dienone is 1. The number of carboxylic acids is 1. The molecule has 0 spiro atoms. The Morgan fingerprint density at radius 3 is 2.29 bits per heavy atom. The van der Waals surface area contributed by atoms with Crippen LogP contribution in [0.4, 0.5) is 13.2 Å². The lowest BCUT2D eigenvalue weighted by atomic mass is 9.61. The van der Waals surface area contributed by atoms with Crippen LogP contribution in [0.25, 0.3) is 11.6 Å². The summed E-state index contributed by atoms with van der Waals surface area (Å²) < 4.78 is 42.0. The summed E-state index contributed by atoms with van der Waals surface area (Å²) in [5, 5.41) is 18.7. The fourth-order valence-electron chi connectivity index (χ4n) is 6.06. The molecule has 0 aliphatic heterocycles. The van der Waals surface area contributed by atoms with Crippen molar-refractivity contribution in [1.29, 1.82) is 0 Å². The third-order valence-corrected chi connectivity index (χ3v) is 7.20. The Hall–Kier alpha value is -3.02. The van der Waals surface area contributed by atoms with Crippen molar-refractivity contribution in [2.24, 2.45) is 23.7 Å². The van der Waals surface area contributed by atoms with Crippen molar-refractivity contribution in [1.82, 2.24) is 0 Å². The number of aromatic hydroxyl groups is 1. The molecule has 2 N–H and O–H groups in total. The van der Waals surface area contributed by atoms with E-state index >= 15 is 0 Å². The Morgan fingerprint density at radius 1 is 0.971 bits per heavy atom. The second-order valence-corrected chi connectivity index (χ2v) is 9.86.